The molecule has 0 heterocycles. The van der Waals surface area contributed by atoms with Gasteiger partial charge in [0.25, 0.3) is 0 Å². The maximum absolute atomic E-state index is 10.8. The number of nitrogens with two attached hydrogens (primary N) is 2. The summed E-state index contributed by atoms with van der Waals surface area (Å²) in [4.78, 5) is 21.2. The first-order chi connectivity index (χ1) is 5.95. The minimum Gasteiger partial charge on any atom is -0.368 e. The number of primary amides is 1. The van der Waals surface area contributed by atoms with Gasteiger partial charge >= 0.3 is 0 Å². The van der Waals surface area contributed by atoms with E-state index in [2.05, 4.69) is 5.32 Å². The lowest BCUT2D eigenvalue weighted by atomic mass is 10.3. The maximum atomic E-state index is 10.8. The topological polar surface area (TPSA) is 98.2 Å². The molecule has 5 heteroatoms. The number of carbonyl (C=O) groups is 2. The molecule has 0 radical (unpaired) electrons. The molecular weight excluding hydrogens is 170 g/mol. The lowest BCUT2D eigenvalue weighted by molar-refractivity contribution is -0.127. The zero-order chi connectivity index (χ0) is 11.0. The molecule has 0 aliphatic rings. The van der Waals surface area contributed by atoms with E-state index >= 15 is 0 Å². The first-order valence-electron chi connectivity index (χ1n) is 4.30. The summed E-state index contributed by atoms with van der Waals surface area (Å²) in [5, 5.41) is 2.34. The summed E-state index contributed by atoms with van der Waals surface area (Å²) < 4.78 is 0. The van der Waals surface area contributed by atoms with Gasteiger partial charge in [0.15, 0.2) is 0 Å². The van der Waals surface area contributed by atoms with Crippen LogP contribution in [-0.2, 0) is 9.59 Å². The average molecular weight is 189 g/mol. The van der Waals surface area contributed by atoms with E-state index in [-0.39, 0.29) is 5.91 Å². The maximum Gasteiger partial charge on any atom is 0.239 e. The highest BCUT2D eigenvalue weighted by Gasteiger charge is 2.14. The van der Waals surface area contributed by atoms with Gasteiger partial charge in [-0.05, 0) is 13.8 Å². The molecule has 0 spiro atoms. The quantitative estimate of drug-likeness (QED) is 0.550. The van der Waals surface area contributed by atoms with E-state index in [0.29, 0.717) is 0 Å². The van der Waals surface area contributed by atoms with Gasteiger partial charge in [-0.25, -0.2) is 0 Å². The van der Waals surface area contributed by atoms with E-state index < -0.39 is 18.0 Å². The third-order valence-electron chi connectivity index (χ3n) is 1.20. The zero-order valence-electron chi connectivity index (χ0n) is 8.63. The second-order valence-electron chi connectivity index (χ2n) is 2.42. The molecule has 2 amide bonds. The standard InChI is InChI=1S/C6H13N3O2.C2H6/c1-3(7)6(11)9-4(2)5(8)10;1-2/h3-4H,7H2,1-2H3,(H2,8,10)(H,9,11);1-2H3. The third kappa shape index (κ3) is 7.27. The molecule has 0 saturated heterocycles. The average Bonchev–Trinajstić information content (AvgIpc) is 2.07. The molecule has 2 atom stereocenters. The molecule has 2 unspecified atom stereocenters. The van der Waals surface area contributed by atoms with Crippen LogP contribution in [0, 0.1) is 0 Å². The molecule has 0 bridgehead atoms. The predicted molar refractivity (Wildman–Crippen MR) is 51.8 cm³/mol. The van der Waals surface area contributed by atoms with Crippen LogP contribution in [0.4, 0.5) is 0 Å². The number of hydrogen-bond acceptors (Lipinski definition) is 3. The van der Waals surface area contributed by atoms with Crippen molar-refractivity contribution in [3.8, 4) is 0 Å². The van der Waals surface area contributed by atoms with Crippen molar-refractivity contribution in [1.82, 2.24) is 5.32 Å². The minimum absolute atomic E-state index is 0.378. The molecule has 0 rings (SSSR count). The van der Waals surface area contributed by atoms with Crippen LogP contribution < -0.4 is 16.8 Å². The Labute approximate surface area is 78.9 Å². The van der Waals surface area contributed by atoms with Gasteiger partial charge in [-0.3, -0.25) is 9.59 Å². The van der Waals surface area contributed by atoms with E-state index in [0.717, 1.165) is 0 Å². The molecule has 0 aliphatic carbocycles. The molecule has 5 nitrogen and oxygen atoms in total. The van der Waals surface area contributed by atoms with Crippen LogP contribution in [0.25, 0.3) is 0 Å². The summed E-state index contributed by atoms with van der Waals surface area (Å²) in [5.41, 5.74) is 10.1. The molecule has 13 heavy (non-hydrogen) atoms. The Morgan fingerprint density at radius 3 is 1.85 bits per heavy atom. The van der Waals surface area contributed by atoms with Crippen molar-refractivity contribution >= 4 is 11.8 Å². The highest BCUT2D eigenvalue weighted by atomic mass is 16.2. The monoisotopic (exact) mass is 189 g/mol. The van der Waals surface area contributed by atoms with Gasteiger partial charge in [-0.1, -0.05) is 13.8 Å². The van der Waals surface area contributed by atoms with Crippen LogP contribution in [-0.4, -0.2) is 23.9 Å². The molecule has 0 fully saturated rings. The molecule has 0 aromatic rings. The van der Waals surface area contributed by atoms with Gasteiger partial charge in [-0.2, -0.15) is 0 Å². The Balaban J connectivity index is 0. The lowest BCUT2D eigenvalue weighted by Crippen LogP contribution is -2.47. The fourth-order valence-electron chi connectivity index (χ4n) is 0.416. The van der Waals surface area contributed by atoms with Crippen LogP contribution in [0.1, 0.15) is 27.7 Å². The number of rotatable bonds is 3. The van der Waals surface area contributed by atoms with Gasteiger partial charge in [0.2, 0.25) is 11.8 Å². The summed E-state index contributed by atoms with van der Waals surface area (Å²) in [6.07, 6.45) is 0. The summed E-state index contributed by atoms with van der Waals surface area (Å²) in [7, 11) is 0. The van der Waals surface area contributed by atoms with Gasteiger partial charge in [0.1, 0.15) is 6.04 Å². The molecule has 0 aliphatic heterocycles. The molecule has 78 valence electrons. The summed E-state index contributed by atoms with van der Waals surface area (Å²) in [5.74, 6) is -0.949. The molecule has 0 aromatic heterocycles. The SMILES string of the molecule is CC.CC(N)C(=O)NC(C)C(N)=O. The fourth-order valence-corrected chi connectivity index (χ4v) is 0.416. The number of hydrogen-bond donors (Lipinski definition) is 3. The largest absolute Gasteiger partial charge is 0.368 e. The van der Waals surface area contributed by atoms with Crippen molar-refractivity contribution in [3.05, 3.63) is 0 Å². The van der Waals surface area contributed by atoms with Crippen LogP contribution >= 0.6 is 0 Å². The van der Waals surface area contributed by atoms with Crippen LogP contribution in [0.2, 0.25) is 0 Å². The Bertz CT molecular complexity index is 169. The summed E-state index contributed by atoms with van der Waals surface area (Å²) >= 11 is 0. The second-order valence-corrected chi connectivity index (χ2v) is 2.42. The van der Waals surface area contributed by atoms with E-state index in [1.807, 2.05) is 13.8 Å². The lowest BCUT2D eigenvalue weighted by Gasteiger charge is -2.11. The Hall–Kier alpha value is -1.10. The smallest absolute Gasteiger partial charge is 0.239 e. The van der Waals surface area contributed by atoms with Crippen molar-refractivity contribution in [3.63, 3.8) is 0 Å². The Kier molecular flexibility index (Phi) is 8.37. The minimum atomic E-state index is -0.659. The van der Waals surface area contributed by atoms with E-state index in [1.54, 1.807) is 0 Å². The molecule has 5 N–H and O–H groups in total. The highest BCUT2D eigenvalue weighted by molar-refractivity contribution is 5.88. The van der Waals surface area contributed by atoms with Crippen molar-refractivity contribution < 1.29 is 9.59 Å². The van der Waals surface area contributed by atoms with Crippen molar-refractivity contribution in [1.29, 1.82) is 0 Å². The Morgan fingerprint density at radius 1 is 1.23 bits per heavy atom. The number of nitrogens with one attached hydrogen (secondary N) is 1. The van der Waals surface area contributed by atoms with Crippen LogP contribution in [0.5, 0.6) is 0 Å². The Morgan fingerprint density at radius 2 is 1.62 bits per heavy atom. The molecular formula is C8H19N3O2. The molecule has 0 aromatic carbocycles. The molecule has 0 saturated carbocycles. The van der Waals surface area contributed by atoms with E-state index in [9.17, 15) is 9.59 Å². The fraction of sp³-hybridized carbons (Fsp3) is 0.750. The van der Waals surface area contributed by atoms with Crippen molar-refractivity contribution in [2.45, 2.75) is 39.8 Å². The van der Waals surface area contributed by atoms with Crippen molar-refractivity contribution in [2.75, 3.05) is 0 Å². The van der Waals surface area contributed by atoms with Crippen molar-refractivity contribution in [2.24, 2.45) is 11.5 Å². The summed E-state index contributed by atoms with van der Waals surface area (Å²) in [6, 6.07) is -1.27. The van der Waals surface area contributed by atoms with E-state index in [4.69, 9.17) is 11.5 Å². The predicted octanol–water partition coefficient (Wildman–Crippen LogP) is -0.650. The number of carbonyl (C=O) groups excluding carboxylic acids is 2. The zero-order valence-corrected chi connectivity index (χ0v) is 8.63. The third-order valence-corrected chi connectivity index (χ3v) is 1.20. The van der Waals surface area contributed by atoms with E-state index in [1.165, 1.54) is 13.8 Å². The number of amides is 2. The summed E-state index contributed by atoms with van der Waals surface area (Å²) in [6.45, 7) is 7.03. The van der Waals surface area contributed by atoms with Gasteiger partial charge in [-0.15, -0.1) is 0 Å². The first kappa shape index (κ1) is 14.4. The van der Waals surface area contributed by atoms with Gasteiger partial charge in [0.05, 0.1) is 6.04 Å². The van der Waals surface area contributed by atoms with Crippen LogP contribution in [0.3, 0.4) is 0 Å². The normalized spacial score (nSPS) is 13.3. The highest BCUT2D eigenvalue weighted by Crippen LogP contribution is 1.81. The van der Waals surface area contributed by atoms with Gasteiger partial charge < -0.3 is 16.8 Å². The first-order valence-corrected chi connectivity index (χ1v) is 4.30. The second kappa shape index (κ2) is 7.54. The van der Waals surface area contributed by atoms with Crippen LogP contribution in [0.15, 0.2) is 0 Å². The van der Waals surface area contributed by atoms with Gasteiger partial charge in [0, 0.05) is 0 Å².